The Balaban J connectivity index is 1.36. The average Bonchev–Trinajstić information content (AvgIpc) is 2.88. The second-order valence-electron chi connectivity index (χ2n) is 8.39. The fraction of sp³-hybridized carbons (Fsp3) is 0.241. The molecule has 36 heavy (non-hydrogen) atoms. The van der Waals surface area contributed by atoms with Gasteiger partial charge in [0.1, 0.15) is 17.5 Å². The second kappa shape index (κ2) is 13.9. The van der Waals surface area contributed by atoms with E-state index in [0.717, 1.165) is 24.0 Å². The van der Waals surface area contributed by atoms with Crippen LogP contribution < -0.4 is 10.6 Å². The van der Waals surface area contributed by atoms with Crippen molar-refractivity contribution in [3.63, 3.8) is 0 Å². The van der Waals surface area contributed by atoms with E-state index in [1.165, 1.54) is 48.5 Å². The van der Waals surface area contributed by atoms with Crippen molar-refractivity contribution in [2.75, 3.05) is 13.1 Å². The van der Waals surface area contributed by atoms with Crippen LogP contribution in [0.5, 0.6) is 0 Å². The van der Waals surface area contributed by atoms with E-state index in [0.29, 0.717) is 31.5 Å². The second-order valence-corrected chi connectivity index (χ2v) is 8.39. The molecule has 4 nitrogen and oxygen atoms in total. The molecule has 2 amide bonds. The van der Waals surface area contributed by atoms with Crippen LogP contribution in [0.15, 0.2) is 84.9 Å². The van der Waals surface area contributed by atoms with Crippen molar-refractivity contribution < 1.29 is 22.8 Å². The van der Waals surface area contributed by atoms with E-state index in [1.54, 1.807) is 36.4 Å². The highest BCUT2D eigenvalue weighted by Gasteiger charge is 2.15. The van der Waals surface area contributed by atoms with Crippen molar-refractivity contribution in [1.82, 2.24) is 10.6 Å². The molecule has 0 heterocycles. The fourth-order valence-electron chi connectivity index (χ4n) is 3.83. The predicted octanol–water partition coefficient (Wildman–Crippen LogP) is 5.90. The fourth-order valence-corrected chi connectivity index (χ4v) is 3.83. The van der Waals surface area contributed by atoms with Crippen LogP contribution in [0.3, 0.4) is 0 Å². The lowest BCUT2D eigenvalue weighted by atomic mass is 9.87. The highest BCUT2D eigenvalue weighted by atomic mass is 19.1. The number of carbonyl (C=O) groups excluding carboxylic acids is 2. The minimum Gasteiger partial charge on any atom is -0.353 e. The SMILES string of the molecule is O=C(CCCCC(c1ccc(F)cc1)c1ccc(F)cc1)NC/C=C\CNC(=O)c1ccc(F)cc1. The molecule has 3 aromatic rings. The molecule has 0 saturated heterocycles. The zero-order valence-corrected chi connectivity index (χ0v) is 19.9. The van der Waals surface area contributed by atoms with Gasteiger partial charge in [0, 0.05) is 31.0 Å². The van der Waals surface area contributed by atoms with Gasteiger partial charge in [-0.15, -0.1) is 0 Å². The summed E-state index contributed by atoms with van der Waals surface area (Å²) in [4.78, 5) is 24.1. The van der Waals surface area contributed by atoms with Crippen molar-refractivity contribution in [3.8, 4) is 0 Å². The molecule has 0 atom stereocenters. The van der Waals surface area contributed by atoms with E-state index < -0.39 is 5.82 Å². The standard InChI is InChI=1S/C29H29F3N2O2/c30-24-13-7-21(8-14-24)27(22-9-15-25(31)16-10-22)5-1-2-6-28(35)33-19-3-4-20-34-29(36)23-11-17-26(32)18-12-23/h3-4,7-18,27H,1-2,5-6,19-20H2,(H,33,35)(H,34,36)/b4-3-. The predicted molar refractivity (Wildman–Crippen MR) is 134 cm³/mol. The molecule has 0 aliphatic rings. The normalized spacial score (nSPS) is 11.1. The van der Waals surface area contributed by atoms with E-state index >= 15 is 0 Å². The summed E-state index contributed by atoms with van der Waals surface area (Å²) in [5.41, 5.74) is 2.27. The smallest absolute Gasteiger partial charge is 0.251 e. The number of hydrogen-bond donors (Lipinski definition) is 2. The first-order chi connectivity index (χ1) is 17.4. The van der Waals surface area contributed by atoms with Crippen LogP contribution in [-0.2, 0) is 4.79 Å². The maximum Gasteiger partial charge on any atom is 0.251 e. The van der Waals surface area contributed by atoms with Gasteiger partial charge in [-0.25, -0.2) is 13.2 Å². The van der Waals surface area contributed by atoms with Crippen LogP contribution in [-0.4, -0.2) is 24.9 Å². The Bertz CT molecular complexity index is 1100. The van der Waals surface area contributed by atoms with E-state index in [4.69, 9.17) is 0 Å². The quantitative estimate of drug-likeness (QED) is 0.243. The summed E-state index contributed by atoms with van der Waals surface area (Å²) >= 11 is 0. The molecular weight excluding hydrogens is 465 g/mol. The first kappa shape index (κ1) is 26.7. The summed E-state index contributed by atoms with van der Waals surface area (Å²) in [7, 11) is 0. The lowest BCUT2D eigenvalue weighted by Crippen LogP contribution is -2.25. The van der Waals surface area contributed by atoms with Crippen LogP contribution in [0.4, 0.5) is 13.2 Å². The topological polar surface area (TPSA) is 58.2 Å². The largest absolute Gasteiger partial charge is 0.353 e. The van der Waals surface area contributed by atoms with E-state index in [1.807, 2.05) is 0 Å². The first-order valence-electron chi connectivity index (χ1n) is 11.9. The molecule has 0 fully saturated rings. The number of unbranched alkanes of at least 4 members (excludes halogenated alkanes) is 1. The molecule has 0 bridgehead atoms. The van der Waals surface area contributed by atoms with Gasteiger partial charge in [0.25, 0.3) is 5.91 Å². The third-order valence-electron chi connectivity index (χ3n) is 5.76. The number of rotatable bonds is 12. The van der Waals surface area contributed by atoms with Crippen LogP contribution in [0.25, 0.3) is 0 Å². The van der Waals surface area contributed by atoms with Gasteiger partial charge in [0.2, 0.25) is 5.91 Å². The van der Waals surface area contributed by atoms with Crippen LogP contribution >= 0.6 is 0 Å². The number of nitrogens with one attached hydrogen (secondary N) is 2. The summed E-state index contributed by atoms with van der Waals surface area (Å²) in [5, 5.41) is 5.50. The van der Waals surface area contributed by atoms with Crippen LogP contribution in [0.1, 0.15) is 53.1 Å². The lowest BCUT2D eigenvalue weighted by molar-refractivity contribution is -0.121. The van der Waals surface area contributed by atoms with E-state index in [9.17, 15) is 22.8 Å². The third kappa shape index (κ3) is 8.73. The van der Waals surface area contributed by atoms with Crippen molar-refractivity contribution in [1.29, 1.82) is 0 Å². The minimum atomic E-state index is -0.400. The third-order valence-corrected chi connectivity index (χ3v) is 5.76. The number of hydrogen-bond acceptors (Lipinski definition) is 2. The Kier molecular flexibility index (Phi) is 10.3. The van der Waals surface area contributed by atoms with Crippen LogP contribution in [0.2, 0.25) is 0 Å². The van der Waals surface area contributed by atoms with Gasteiger partial charge in [-0.05, 0) is 72.5 Å². The molecule has 3 rings (SSSR count). The highest BCUT2D eigenvalue weighted by Crippen LogP contribution is 2.30. The minimum absolute atomic E-state index is 0.0117. The Labute approximate surface area is 209 Å². The molecule has 0 aromatic heterocycles. The van der Waals surface area contributed by atoms with Crippen molar-refractivity contribution in [2.24, 2.45) is 0 Å². The molecule has 0 aliphatic carbocycles. The summed E-state index contributed by atoms with van der Waals surface area (Å²) in [6.45, 7) is 0.638. The van der Waals surface area contributed by atoms with Gasteiger partial charge in [-0.2, -0.15) is 0 Å². The molecule has 0 aliphatic heterocycles. The van der Waals surface area contributed by atoms with Gasteiger partial charge in [0.15, 0.2) is 0 Å². The summed E-state index contributed by atoms with van der Waals surface area (Å²) < 4.78 is 39.6. The zero-order valence-electron chi connectivity index (χ0n) is 19.9. The summed E-state index contributed by atoms with van der Waals surface area (Å²) in [6, 6.07) is 17.9. The monoisotopic (exact) mass is 494 g/mol. The molecule has 188 valence electrons. The number of carbonyl (C=O) groups is 2. The Morgan fingerprint density at radius 3 is 1.67 bits per heavy atom. The van der Waals surface area contributed by atoms with E-state index in [-0.39, 0.29) is 29.4 Å². The Morgan fingerprint density at radius 1 is 0.667 bits per heavy atom. The average molecular weight is 495 g/mol. The lowest BCUT2D eigenvalue weighted by Gasteiger charge is -2.18. The van der Waals surface area contributed by atoms with Crippen LogP contribution in [0, 0.1) is 17.5 Å². The molecular formula is C29H29F3N2O2. The molecule has 0 saturated carbocycles. The number of halogens is 3. The molecule has 0 radical (unpaired) electrons. The van der Waals surface area contributed by atoms with E-state index in [2.05, 4.69) is 10.6 Å². The van der Waals surface area contributed by atoms with Gasteiger partial charge >= 0.3 is 0 Å². The molecule has 7 heteroatoms. The van der Waals surface area contributed by atoms with Gasteiger partial charge < -0.3 is 10.6 Å². The zero-order chi connectivity index (χ0) is 25.8. The first-order valence-corrected chi connectivity index (χ1v) is 11.9. The van der Waals surface area contributed by atoms with Crippen molar-refractivity contribution in [3.05, 3.63) is 119 Å². The number of benzene rings is 3. The van der Waals surface area contributed by atoms with Gasteiger partial charge in [-0.3, -0.25) is 9.59 Å². The summed E-state index contributed by atoms with van der Waals surface area (Å²) in [6.07, 6.45) is 6.06. The maximum atomic E-state index is 13.4. The molecule has 0 spiro atoms. The molecule has 2 N–H and O–H groups in total. The molecule has 0 unspecified atom stereocenters. The van der Waals surface area contributed by atoms with Gasteiger partial charge in [-0.1, -0.05) is 42.8 Å². The molecule has 3 aromatic carbocycles. The maximum absolute atomic E-state index is 13.4. The highest BCUT2D eigenvalue weighted by molar-refractivity contribution is 5.94. The van der Waals surface area contributed by atoms with Gasteiger partial charge in [0.05, 0.1) is 0 Å². The Hall–Kier alpha value is -3.87. The summed E-state index contributed by atoms with van der Waals surface area (Å²) in [5.74, 6) is -1.40. The van der Waals surface area contributed by atoms with Crippen molar-refractivity contribution in [2.45, 2.75) is 31.6 Å². The number of amides is 2. The Morgan fingerprint density at radius 2 is 1.14 bits per heavy atom. The van der Waals surface area contributed by atoms with Crippen molar-refractivity contribution >= 4 is 11.8 Å².